The summed E-state index contributed by atoms with van der Waals surface area (Å²) in [6.45, 7) is 6.30. The molecular formula is C16H16N6. The molecule has 0 amide bonds. The molecule has 0 aliphatic heterocycles. The van der Waals surface area contributed by atoms with Crippen LogP contribution >= 0.6 is 0 Å². The van der Waals surface area contributed by atoms with Crippen molar-refractivity contribution in [1.29, 1.82) is 0 Å². The van der Waals surface area contributed by atoms with Gasteiger partial charge in [0, 0.05) is 24.6 Å². The molecule has 1 aromatic carbocycles. The van der Waals surface area contributed by atoms with Crippen LogP contribution in [0.4, 0.5) is 17.5 Å². The molecule has 2 aromatic heterocycles. The molecule has 0 spiro atoms. The van der Waals surface area contributed by atoms with E-state index in [-0.39, 0.29) is 0 Å². The van der Waals surface area contributed by atoms with Crippen LogP contribution in [-0.2, 0) is 0 Å². The predicted molar refractivity (Wildman–Crippen MR) is 88.3 cm³/mol. The second-order valence-corrected chi connectivity index (χ2v) is 4.78. The smallest absolute Gasteiger partial charge is 0.227 e. The van der Waals surface area contributed by atoms with Crippen molar-refractivity contribution < 1.29 is 0 Å². The van der Waals surface area contributed by atoms with Crippen LogP contribution in [0.1, 0.15) is 5.56 Å². The maximum Gasteiger partial charge on any atom is 0.227 e. The molecule has 0 unspecified atom stereocenters. The van der Waals surface area contributed by atoms with Crippen LogP contribution in [0.5, 0.6) is 0 Å². The Balaban J connectivity index is 2.01. The Bertz CT molecular complexity index is 797. The molecule has 0 fully saturated rings. The van der Waals surface area contributed by atoms with Crippen molar-refractivity contribution >= 4 is 28.6 Å². The van der Waals surface area contributed by atoms with Gasteiger partial charge in [0.25, 0.3) is 0 Å². The zero-order valence-corrected chi connectivity index (χ0v) is 12.2. The zero-order chi connectivity index (χ0) is 15.4. The van der Waals surface area contributed by atoms with E-state index in [4.69, 9.17) is 0 Å². The molecule has 0 bridgehead atoms. The Morgan fingerprint density at radius 3 is 2.64 bits per heavy atom. The van der Waals surface area contributed by atoms with E-state index in [1.165, 1.54) is 5.56 Å². The molecule has 0 aliphatic rings. The van der Waals surface area contributed by atoms with Gasteiger partial charge in [-0.1, -0.05) is 23.8 Å². The van der Waals surface area contributed by atoms with E-state index in [1.54, 1.807) is 18.5 Å². The van der Waals surface area contributed by atoms with E-state index < -0.39 is 0 Å². The highest BCUT2D eigenvalue weighted by atomic mass is 15.2. The van der Waals surface area contributed by atoms with Gasteiger partial charge in [-0.25, -0.2) is 9.97 Å². The van der Waals surface area contributed by atoms with E-state index in [0.29, 0.717) is 29.5 Å². The molecule has 0 saturated heterocycles. The van der Waals surface area contributed by atoms with Crippen LogP contribution in [-0.4, -0.2) is 26.5 Å². The van der Waals surface area contributed by atoms with Crippen molar-refractivity contribution in [1.82, 2.24) is 19.9 Å². The summed E-state index contributed by atoms with van der Waals surface area (Å²) in [5.74, 6) is 1.11. The number of nitrogens with zero attached hydrogens (tertiary/aromatic N) is 4. The lowest BCUT2D eigenvalue weighted by molar-refractivity contribution is 1.11. The molecule has 0 atom stereocenters. The lowest BCUT2D eigenvalue weighted by Crippen LogP contribution is -2.07. The Kier molecular flexibility index (Phi) is 3.91. The van der Waals surface area contributed by atoms with E-state index in [1.807, 2.05) is 31.2 Å². The minimum atomic E-state index is 0.488. The van der Waals surface area contributed by atoms with Crippen molar-refractivity contribution in [3.8, 4) is 0 Å². The highest BCUT2D eigenvalue weighted by Gasteiger charge is 2.09. The number of hydrogen-bond acceptors (Lipinski definition) is 6. The maximum absolute atomic E-state index is 4.47. The van der Waals surface area contributed by atoms with Crippen molar-refractivity contribution in [2.45, 2.75) is 6.92 Å². The van der Waals surface area contributed by atoms with Crippen LogP contribution in [0.2, 0.25) is 0 Å². The van der Waals surface area contributed by atoms with Gasteiger partial charge < -0.3 is 10.6 Å². The van der Waals surface area contributed by atoms with Crippen molar-refractivity contribution in [2.24, 2.45) is 0 Å². The van der Waals surface area contributed by atoms with Crippen LogP contribution in [0.3, 0.4) is 0 Å². The number of aryl methyl sites for hydroxylation is 1. The Labute approximate surface area is 128 Å². The zero-order valence-electron chi connectivity index (χ0n) is 12.2. The third-order valence-corrected chi connectivity index (χ3v) is 3.05. The molecule has 3 rings (SSSR count). The third-order valence-electron chi connectivity index (χ3n) is 3.05. The number of nitrogens with one attached hydrogen (secondary N) is 2. The average molecular weight is 292 g/mol. The summed E-state index contributed by atoms with van der Waals surface area (Å²) in [6, 6.07) is 8.06. The molecule has 2 heterocycles. The molecule has 0 radical (unpaired) electrons. The van der Waals surface area contributed by atoms with Gasteiger partial charge in [-0.05, 0) is 19.1 Å². The largest absolute Gasteiger partial charge is 0.351 e. The molecule has 0 aliphatic carbocycles. The summed E-state index contributed by atoms with van der Waals surface area (Å²) in [6.07, 6.45) is 4.99. The SMILES string of the molecule is C=CCNc1nc(Nc2ccc(C)cc2)c2nccnc2n1. The number of aromatic nitrogens is 4. The van der Waals surface area contributed by atoms with Crippen molar-refractivity contribution in [2.75, 3.05) is 17.2 Å². The molecule has 110 valence electrons. The van der Waals surface area contributed by atoms with Crippen LogP contribution < -0.4 is 10.6 Å². The van der Waals surface area contributed by atoms with Gasteiger partial charge in [-0.15, -0.1) is 6.58 Å². The fraction of sp³-hybridized carbons (Fsp3) is 0.125. The monoisotopic (exact) mass is 292 g/mol. The van der Waals surface area contributed by atoms with Crippen LogP contribution in [0.25, 0.3) is 11.2 Å². The van der Waals surface area contributed by atoms with E-state index in [9.17, 15) is 0 Å². The highest BCUT2D eigenvalue weighted by molar-refractivity contribution is 5.85. The van der Waals surface area contributed by atoms with Crippen molar-refractivity contribution in [3.63, 3.8) is 0 Å². The first-order valence-corrected chi connectivity index (χ1v) is 6.93. The Hall–Kier alpha value is -3.02. The predicted octanol–water partition coefficient (Wildman–Crippen LogP) is 3.07. The van der Waals surface area contributed by atoms with Gasteiger partial charge in [0.2, 0.25) is 5.95 Å². The quantitative estimate of drug-likeness (QED) is 0.704. The van der Waals surface area contributed by atoms with Gasteiger partial charge in [0.1, 0.15) is 0 Å². The van der Waals surface area contributed by atoms with Gasteiger partial charge in [0.05, 0.1) is 0 Å². The number of hydrogen-bond donors (Lipinski definition) is 2. The van der Waals surface area contributed by atoms with Gasteiger partial charge >= 0.3 is 0 Å². The first-order valence-electron chi connectivity index (χ1n) is 6.93. The molecule has 6 nitrogen and oxygen atoms in total. The van der Waals surface area contributed by atoms with E-state index >= 15 is 0 Å². The van der Waals surface area contributed by atoms with E-state index in [0.717, 1.165) is 5.69 Å². The van der Waals surface area contributed by atoms with Gasteiger partial charge in [-0.2, -0.15) is 9.97 Å². The average Bonchev–Trinajstić information content (AvgIpc) is 2.55. The number of anilines is 3. The summed E-state index contributed by atoms with van der Waals surface area (Å²) >= 11 is 0. The molecule has 3 aromatic rings. The summed E-state index contributed by atoms with van der Waals surface area (Å²) in [5.41, 5.74) is 3.31. The van der Waals surface area contributed by atoms with Gasteiger partial charge in [-0.3, -0.25) is 0 Å². The van der Waals surface area contributed by atoms with Gasteiger partial charge in [0.15, 0.2) is 17.0 Å². The Morgan fingerprint density at radius 2 is 1.86 bits per heavy atom. The molecule has 22 heavy (non-hydrogen) atoms. The third kappa shape index (κ3) is 3.01. The standard InChI is InChI=1S/C16H16N6/c1-3-8-19-16-21-14-13(17-9-10-18-14)15(22-16)20-12-6-4-11(2)5-7-12/h3-7,9-10H,1,8H2,2H3,(H2,18,19,20,21,22). The summed E-state index contributed by atoms with van der Waals surface area (Å²) in [7, 11) is 0. The normalized spacial score (nSPS) is 10.4. The number of fused-ring (bicyclic) bond motifs is 1. The first kappa shape index (κ1) is 13.9. The van der Waals surface area contributed by atoms with Crippen molar-refractivity contribution in [3.05, 3.63) is 54.9 Å². The van der Waals surface area contributed by atoms with Crippen LogP contribution in [0.15, 0.2) is 49.3 Å². The second-order valence-electron chi connectivity index (χ2n) is 4.78. The molecule has 6 heteroatoms. The first-order chi connectivity index (χ1) is 10.8. The molecule has 2 N–H and O–H groups in total. The molecule has 0 saturated carbocycles. The maximum atomic E-state index is 4.47. The lowest BCUT2D eigenvalue weighted by atomic mass is 10.2. The minimum absolute atomic E-state index is 0.488. The Morgan fingerprint density at radius 1 is 1.09 bits per heavy atom. The fourth-order valence-corrected chi connectivity index (χ4v) is 1.97. The fourth-order valence-electron chi connectivity index (χ4n) is 1.97. The van der Waals surface area contributed by atoms with Crippen LogP contribution in [0, 0.1) is 6.92 Å². The van der Waals surface area contributed by atoms with E-state index in [2.05, 4.69) is 37.1 Å². The lowest BCUT2D eigenvalue weighted by Gasteiger charge is -2.10. The minimum Gasteiger partial charge on any atom is -0.351 e. The number of benzene rings is 1. The molecular weight excluding hydrogens is 276 g/mol. The summed E-state index contributed by atoms with van der Waals surface area (Å²) < 4.78 is 0. The second kappa shape index (κ2) is 6.17. The summed E-state index contributed by atoms with van der Waals surface area (Å²) in [5, 5.41) is 6.35. The summed E-state index contributed by atoms with van der Waals surface area (Å²) in [4.78, 5) is 17.4. The highest BCUT2D eigenvalue weighted by Crippen LogP contribution is 2.22. The number of rotatable bonds is 5. The topological polar surface area (TPSA) is 75.6 Å².